The van der Waals surface area contributed by atoms with Gasteiger partial charge in [-0.3, -0.25) is 10.1 Å². The predicted molar refractivity (Wildman–Crippen MR) is 98.9 cm³/mol. The normalized spacial score (nSPS) is 11.5. The average Bonchev–Trinajstić information content (AvgIpc) is 2.54. The van der Waals surface area contributed by atoms with Gasteiger partial charge in [0.25, 0.3) is 5.69 Å². The van der Waals surface area contributed by atoms with Crippen molar-refractivity contribution in [1.82, 2.24) is 0 Å². The Morgan fingerprint density at radius 1 is 1.12 bits per heavy atom. The summed E-state index contributed by atoms with van der Waals surface area (Å²) >= 11 is 0. The molecule has 6 nitrogen and oxygen atoms in total. The van der Waals surface area contributed by atoms with Crippen LogP contribution >= 0.6 is 0 Å². The molecule has 0 unspecified atom stereocenters. The van der Waals surface area contributed by atoms with Crippen LogP contribution in [-0.2, 0) is 16.3 Å². The quantitative estimate of drug-likeness (QED) is 0.598. The van der Waals surface area contributed by atoms with E-state index in [1.54, 1.807) is 0 Å². The summed E-state index contributed by atoms with van der Waals surface area (Å²) in [6.07, 6.45) is 1.74. The summed E-state index contributed by atoms with van der Waals surface area (Å²) in [5, 5.41) is 14.2. The maximum absolute atomic E-state index is 11.6. The number of nitro benzene ring substituents is 1. The minimum absolute atomic E-state index is 0.0611. The van der Waals surface area contributed by atoms with Crippen molar-refractivity contribution in [3.8, 4) is 0 Å². The molecule has 0 aliphatic rings. The highest BCUT2D eigenvalue weighted by molar-refractivity contribution is 7.90. The predicted octanol–water partition coefficient (Wildman–Crippen LogP) is 3.78. The summed E-state index contributed by atoms with van der Waals surface area (Å²) in [5.74, 6) is 0.475. The van der Waals surface area contributed by atoms with Crippen LogP contribution in [-0.4, -0.2) is 26.1 Å². The molecule has 0 amide bonds. The van der Waals surface area contributed by atoms with E-state index in [4.69, 9.17) is 0 Å². The molecular weight excluding hydrogens is 340 g/mol. The summed E-state index contributed by atoms with van der Waals surface area (Å²) in [7, 11) is -3.48. The molecule has 0 bridgehead atoms. The molecule has 1 N–H and O–H groups in total. The van der Waals surface area contributed by atoms with Gasteiger partial charge in [0.15, 0.2) is 9.84 Å². The van der Waals surface area contributed by atoms with E-state index in [1.165, 1.54) is 17.7 Å². The van der Waals surface area contributed by atoms with Gasteiger partial charge in [-0.25, -0.2) is 8.42 Å². The van der Waals surface area contributed by atoms with Gasteiger partial charge in [-0.1, -0.05) is 38.1 Å². The molecule has 134 valence electrons. The number of rotatable bonds is 7. The molecule has 0 aliphatic carbocycles. The highest BCUT2D eigenvalue weighted by Gasteiger charge is 2.18. The number of nitrogens with one attached hydrogen (secondary N) is 1. The molecule has 2 rings (SSSR count). The van der Waals surface area contributed by atoms with Crippen molar-refractivity contribution in [2.45, 2.75) is 31.1 Å². The lowest BCUT2D eigenvalue weighted by Gasteiger charge is -2.10. The number of nitrogens with zero attached hydrogens (tertiary/aromatic N) is 1. The number of benzene rings is 2. The zero-order valence-electron chi connectivity index (χ0n) is 14.5. The van der Waals surface area contributed by atoms with Crippen LogP contribution in [0.15, 0.2) is 47.4 Å². The van der Waals surface area contributed by atoms with E-state index in [0.717, 1.165) is 17.9 Å². The monoisotopic (exact) mass is 362 g/mol. The summed E-state index contributed by atoms with van der Waals surface area (Å²) < 4.78 is 23.1. The van der Waals surface area contributed by atoms with Crippen LogP contribution in [0.5, 0.6) is 0 Å². The Kier molecular flexibility index (Phi) is 5.79. The van der Waals surface area contributed by atoms with Crippen LogP contribution in [0.4, 0.5) is 11.4 Å². The van der Waals surface area contributed by atoms with E-state index >= 15 is 0 Å². The first-order valence-corrected chi connectivity index (χ1v) is 9.89. The summed E-state index contributed by atoms with van der Waals surface area (Å²) in [5.41, 5.74) is 2.48. The Morgan fingerprint density at radius 3 is 2.28 bits per heavy atom. The van der Waals surface area contributed by atoms with Crippen LogP contribution < -0.4 is 5.32 Å². The number of anilines is 1. The molecule has 0 spiro atoms. The zero-order valence-corrected chi connectivity index (χ0v) is 15.3. The number of nitro groups is 1. The van der Waals surface area contributed by atoms with Crippen molar-refractivity contribution < 1.29 is 13.3 Å². The first kappa shape index (κ1) is 18.9. The lowest BCUT2D eigenvalue weighted by atomic mass is 10.0. The van der Waals surface area contributed by atoms with Crippen molar-refractivity contribution in [1.29, 1.82) is 0 Å². The minimum Gasteiger partial charge on any atom is -0.379 e. The first-order valence-electron chi connectivity index (χ1n) is 7.99. The van der Waals surface area contributed by atoms with Gasteiger partial charge in [0.05, 0.1) is 9.82 Å². The third kappa shape index (κ3) is 5.03. The van der Waals surface area contributed by atoms with Gasteiger partial charge in [0.1, 0.15) is 5.69 Å². The maximum atomic E-state index is 11.6. The van der Waals surface area contributed by atoms with E-state index in [0.29, 0.717) is 24.6 Å². The van der Waals surface area contributed by atoms with Crippen molar-refractivity contribution in [2.75, 3.05) is 18.1 Å². The Morgan fingerprint density at radius 2 is 1.76 bits per heavy atom. The standard InChI is InChI=1S/C18H22N2O4S/c1-13(2)15-6-4-14(5-7-15)10-11-19-17-9-8-16(25(3,23)24)12-18(17)20(21)22/h4-9,12-13,19H,10-11H2,1-3H3. The van der Waals surface area contributed by atoms with E-state index in [1.807, 2.05) is 0 Å². The van der Waals surface area contributed by atoms with E-state index < -0.39 is 14.8 Å². The highest BCUT2D eigenvalue weighted by Crippen LogP contribution is 2.27. The van der Waals surface area contributed by atoms with Crippen LogP contribution in [0.3, 0.4) is 0 Å². The Bertz CT molecular complexity index is 859. The maximum Gasteiger partial charge on any atom is 0.293 e. The van der Waals surface area contributed by atoms with Crippen molar-refractivity contribution >= 4 is 21.2 Å². The average molecular weight is 362 g/mol. The van der Waals surface area contributed by atoms with E-state index in [2.05, 4.69) is 43.4 Å². The Hall–Kier alpha value is -2.41. The van der Waals surface area contributed by atoms with Gasteiger partial charge in [0.2, 0.25) is 0 Å². The lowest BCUT2D eigenvalue weighted by molar-refractivity contribution is -0.384. The summed E-state index contributed by atoms with van der Waals surface area (Å²) in [4.78, 5) is 10.6. The van der Waals surface area contributed by atoms with Crippen molar-refractivity contribution in [3.63, 3.8) is 0 Å². The summed E-state index contributed by atoms with van der Waals surface area (Å²) in [6, 6.07) is 12.2. The van der Waals surface area contributed by atoms with Gasteiger partial charge in [-0.2, -0.15) is 0 Å². The first-order chi connectivity index (χ1) is 11.7. The molecule has 7 heteroatoms. The molecule has 0 fully saturated rings. The van der Waals surface area contributed by atoms with Gasteiger partial charge >= 0.3 is 0 Å². The van der Waals surface area contributed by atoms with Crippen LogP contribution in [0.1, 0.15) is 30.9 Å². The molecule has 0 aromatic heterocycles. The van der Waals surface area contributed by atoms with Crippen LogP contribution in [0.25, 0.3) is 0 Å². The van der Waals surface area contributed by atoms with Crippen molar-refractivity contribution in [3.05, 3.63) is 63.7 Å². The molecule has 2 aromatic rings. The molecule has 0 atom stereocenters. The third-order valence-corrected chi connectivity index (χ3v) is 5.08. The fraction of sp³-hybridized carbons (Fsp3) is 0.333. The Labute approximate surface area is 148 Å². The largest absolute Gasteiger partial charge is 0.379 e. The third-order valence-electron chi connectivity index (χ3n) is 3.97. The van der Waals surface area contributed by atoms with Gasteiger partial charge in [-0.15, -0.1) is 0 Å². The van der Waals surface area contributed by atoms with E-state index in [9.17, 15) is 18.5 Å². The van der Waals surface area contributed by atoms with Gasteiger partial charge in [-0.05, 0) is 35.6 Å². The summed E-state index contributed by atoms with van der Waals surface area (Å²) in [6.45, 7) is 4.78. The molecule has 2 aromatic carbocycles. The second-order valence-electron chi connectivity index (χ2n) is 6.28. The zero-order chi connectivity index (χ0) is 18.6. The molecule has 0 saturated heterocycles. The van der Waals surface area contributed by atoms with Crippen LogP contribution in [0.2, 0.25) is 0 Å². The second kappa shape index (κ2) is 7.65. The number of hydrogen-bond acceptors (Lipinski definition) is 5. The smallest absolute Gasteiger partial charge is 0.293 e. The van der Waals surface area contributed by atoms with E-state index in [-0.39, 0.29) is 10.6 Å². The number of sulfone groups is 1. The van der Waals surface area contributed by atoms with Crippen LogP contribution in [0, 0.1) is 10.1 Å². The van der Waals surface area contributed by atoms with Gasteiger partial charge < -0.3 is 5.32 Å². The second-order valence-corrected chi connectivity index (χ2v) is 8.30. The molecule has 0 heterocycles. The SMILES string of the molecule is CC(C)c1ccc(CCNc2ccc(S(C)(=O)=O)cc2[N+](=O)[O-])cc1. The Balaban J connectivity index is 2.08. The highest BCUT2D eigenvalue weighted by atomic mass is 32.2. The fourth-order valence-electron chi connectivity index (χ4n) is 2.45. The number of hydrogen-bond donors (Lipinski definition) is 1. The lowest BCUT2D eigenvalue weighted by Crippen LogP contribution is -2.08. The molecule has 0 saturated carbocycles. The van der Waals surface area contributed by atoms with Crippen molar-refractivity contribution in [2.24, 2.45) is 0 Å². The fourth-order valence-corrected chi connectivity index (χ4v) is 3.09. The molecular formula is C18H22N2O4S. The van der Waals surface area contributed by atoms with Gasteiger partial charge in [0, 0.05) is 18.9 Å². The molecule has 0 aliphatic heterocycles. The molecule has 0 radical (unpaired) electrons. The minimum atomic E-state index is -3.48. The molecule has 25 heavy (non-hydrogen) atoms. The topological polar surface area (TPSA) is 89.3 Å².